The van der Waals surface area contributed by atoms with E-state index in [1.165, 1.54) is 5.56 Å². The maximum Gasteiger partial charge on any atom is 0.253 e. The quantitative estimate of drug-likeness (QED) is 0.868. The predicted molar refractivity (Wildman–Crippen MR) is 98.4 cm³/mol. The van der Waals surface area contributed by atoms with Crippen molar-refractivity contribution in [3.63, 3.8) is 0 Å². The number of amides is 1. The lowest BCUT2D eigenvalue weighted by Crippen LogP contribution is -2.49. The highest BCUT2D eigenvalue weighted by Crippen LogP contribution is 2.13. The van der Waals surface area contributed by atoms with Crippen molar-refractivity contribution in [1.82, 2.24) is 9.80 Å². The third-order valence-electron chi connectivity index (χ3n) is 4.45. The molecule has 0 spiro atoms. The molecule has 1 heterocycles. The fourth-order valence-electron chi connectivity index (χ4n) is 2.92. The monoisotopic (exact) mass is 343 g/mol. The standard InChI is InChI=1S/C19H22ClN3O/c20-17-5-1-15(2-6-17)9-10-22-11-13-23(14-12-22)19(24)16-3-7-18(21)8-4-16/h1-8H,9-14,21H2. The van der Waals surface area contributed by atoms with E-state index < -0.39 is 0 Å². The molecule has 0 saturated carbocycles. The number of piperazine rings is 1. The molecule has 2 N–H and O–H groups in total. The Bertz CT molecular complexity index is 677. The van der Waals surface area contributed by atoms with Gasteiger partial charge in [-0.2, -0.15) is 0 Å². The van der Waals surface area contributed by atoms with Gasteiger partial charge in [0.1, 0.15) is 0 Å². The summed E-state index contributed by atoms with van der Waals surface area (Å²) in [4.78, 5) is 16.8. The highest BCUT2D eigenvalue weighted by Gasteiger charge is 2.21. The van der Waals surface area contributed by atoms with Gasteiger partial charge >= 0.3 is 0 Å². The van der Waals surface area contributed by atoms with Crippen LogP contribution < -0.4 is 5.73 Å². The molecule has 24 heavy (non-hydrogen) atoms. The molecule has 0 radical (unpaired) electrons. The molecular weight excluding hydrogens is 322 g/mol. The summed E-state index contributed by atoms with van der Waals surface area (Å²) in [5, 5.41) is 0.772. The summed E-state index contributed by atoms with van der Waals surface area (Å²) >= 11 is 5.91. The summed E-state index contributed by atoms with van der Waals surface area (Å²) in [5.41, 5.74) is 8.35. The Morgan fingerprint density at radius 1 is 0.958 bits per heavy atom. The maximum absolute atomic E-state index is 12.5. The van der Waals surface area contributed by atoms with Crippen LogP contribution >= 0.6 is 11.6 Å². The van der Waals surface area contributed by atoms with Gasteiger partial charge in [-0.15, -0.1) is 0 Å². The number of hydrogen-bond donors (Lipinski definition) is 1. The second-order valence-electron chi connectivity index (χ2n) is 6.13. The Morgan fingerprint density at radius 2 is 1.58 bits per heavy atom. The molecule has 5 heteroatoms. The van der Waals surface area contributed by atoms with Gasteiger partial charge in [0, 0.05) is 49.0 Å². The van der Waals surface area contributed by atoms with Gasteiger partial charge < -0.3 is 10.6 Å². The summed E-state index contributed by atoms with van der Waals surface area (Å²) in [7, 11) is 0. The third-order valence-corrected chi connectivity index (χ3v) is 4.70. The zero-order valence-electron chi connectivity index (χ0n) is 13.6. The Labute approximate surface area is 147 Å². The number of carbonyl (C=O) groups is 1. The summed E-state index contributed by atoms with van der Waals surface area (Å²) in [5.74, 6) is 0.0901. The molecule has 4 nitrogen and oxygen atoms in total. The first-order valence-electron chi connectivity index (χ1n) is 8.23. The number of benzene rings is 2. The van der Waals surface area contributed by atoms with Crippen LogP contribution in [0, 0.1) is 0 Å². The van der Waals surface area contributed by atoms with E-state index in [-0.39, 0.29) is 5.91 Å². The van der Waals surface area contributed by atoms with E-state index in [1.54, 1.807) is 24.3 Å². The number of hydrogen-bond acceptors (Lipinski definition) is 3. The molecule has 0 bridgehead atoms. The summed E-state index contributed by atoms with van der Waals surface area (Å²) < 4.78 is 0. The van der Waals surface area contributed by atoms with Crippen LogP contribution in [0.4, 0.5) is 5.69 Å². The van der Waals surface area contributed by atoms with Crippen molar-refractivity contribution >= 4 is 23.2 Å². The molecule has 0 unspecified atom stereocenters. The second-order valence-corrected chi connectivity index (χ2v) is 6.57. The highest BCUT2D eigenvalue weighted by molar-refractivity contribution is 6.30. The van der Waals surface area contributed by atoms with E-state index in [1.807, 2.05) is 17.0 Å². The zero-order chi connectivity index (χ0) is 16.9. The average molecular weight is 344 g/mol. The molecule has 0 aliphatic carbocycles. The molecular formula is C19H22ClN3O. The Balaban J connectivity index is 1.47. The average Bonchev–Trinajstić information content (AvgIpc) is 2.62. The van der Waals surface area contributed by atoms with Gasteiger partial charge in [0.05, 0.1) is 0 Å². The minimum atomic E-state index is 0.0901. The van der Waals surface area contributed by atoms with E-state index >= 15 is 0 Å². The van der Waals surface area contributed by atoms with Gasteiger partial charge in [0.2, 0.25) is 0 Å². The molecule has 3 rings (SSSR count). The van der Waals surface area contributed by atoms with Gasteiger partial charge in [-0.3, -0.25) is 9.69 Å². The first-order chi connectivity index (χ1) is 11.6. The van der Waals surface area contributed by atoms with Crippen molar-refractivity contribution in [2.45, 2.75) is 6.42 Å². The molecule has 0 aromatic heterocycles. The van der Waals surface area contributed by atoms with E-state index in [9.17, 15) is 4.79 Å². The molecule has 0 atom stereocenters. The van der Waals surface area contributed by atoms with Crippen molar-refractivity contribution in [3.8, 4) is 0 Å². The summed E-state index contributed by atoms with van der Waals surface area (Å²) in [6.45, 7) is 4.36. The van der Waals surface area contributed by atoms with Crippen molar-refractivity contribution in [1.29, 1.82) is 0 Å². The molecule has 2 aromatic rings. The van der Waals surface area contributed by atoms with Crippen LogP contribution in [-0.4, -0.2) is 48.4 Å². The lowest BCUT2D eigenvalue weighted by atomic mass is 10.1. The number of nitrogens with zero attached hydrogens (tertiary/aromatic N) is 2. The number of carbonyl (C=O) groups excluding carboxylic acids is 1. The van der Waals surface area contributed by atoms with Crippen molar-refractivity contribution in [2.75, 3.05) is 38.5 Å². The minimum Gasteiger partial charge on any atom is -0.399 e. The van der Waals surface area contributed by atoms with Crippen molar-refractivity contribution < 1.29 is 4.79 Å². The number of anilines is 1. The lowest BCUT2D eigenvalue weighted by Gasteiger charge is -2.34. The molecule has 1 aliphatic rings. The number of nitrogens with two attached hydrogens (primary N) is 1. The Morgan fingerprint density at radius 3 is 2.21 bits per heavy atom. The van der Waals surface area contributed by atoms with Gasteiger partial charge in [0.15, 0.2) is 0 Å². The SMILES string of the molecule is Nc1ccc(C(=O)N2CCN(CCc3ccc(Cl)cc3)CC2)cc1. The smallest absolute Gasteiger partial charge is 0.253 e. The Kier molecular flexibility index (Phi) is 5.38. The highest BCUT2D eigenvalue weighted by atomic mass is 35.5. The van der Waals surface area contributed by atoms with E-state index in [0.717, 1.165) is 44.2 Å². The van der Waals surface area contributed by atoms with Crippen LogP contribution in [-0.2, 0) is 6.42 Å². The summed E-state index contributed by atoms with van der Waals surface area (Å²) in [6.07, 6.45) is 1.00. The topological polar surface area (TPSA) is 49.6 Å². The van der Waals surface area contributed by atoms with Gasteiger partial charge in [-0.05, 0) is 48.4 Å². The maximum atomic E-state index is 12.5. The normalized spacial score (nSPS) is 15.5. The number of nitrogen functional groups attached to an aromatic ring is 1. The van der Waals surface area contributed by atoms with E-state index in [4.69, 9.17) is 17.3 Å². The van der Waals surface area contributed by atoms with Gasteiger partial charge in [-0.25, -0.2) is 0 Å². The lowest BCUT2D eigenvalue weighted by molar-refractivity contribution is 0.0638. The van der Waals surface area contributed by atoms with Crippen LogP contribution in [0.3, 0.4) is 0 Å². The fraction of sp³-hybridized carbons (Fsp3) is 0.316. The molecule has 1 aliphatic heterocycles. The third kappa shape index (κ3) is 4.28. The molecule has 126 valence electrons. The molecule has 1 fully saturated rings. The molecule has 1 amide bonds. The van der Waals surface area contributed by atoms with E-state index in [0.29, 0.717) is 11.3 Å². The van der Waals surface area contributed by atoms with Crippen LogP contribution in [0.1, 0.15) is 15.9 Å². The predicted octanol–water partition coefficient (Wildman–Crippen LogP) is 2.92. The minimum absolute atomic E-state index is 0.0901. The number of rotatable bonds is 4. The first kappa shape index (κ1) is 16.8. The van der Waals surface area contributed by atoms with Crippen molar-refractivity contribution in [2.24, 2.45) is 0 Å². The van der Waals surface area contributed by atoms with E-state index in [2.05, 4.69) is 17.0 Å². The van der Waals surface area contributed by atoms with Gasteiger partial charge in [-0.1, -0.05) is 23.7 Å². The molecule has 2 aromatic carbocycles. The van der Waals surface area contributed by atoms with Crippen LogP contribution in [0.25, 0.3) is 0 Å². The largest absolute Gasteiger partial charge is 0.399 e. The molecule has 1 saturated heterocycles. The number of halogens is 1. The van der Waals surface area contributed by atoms with Gasteiger partial charge in [0.25, 0.3) is 5.91 Å². The first-order valence-corrected chi connectivity index (χ1v) is 8.61. The van der Waals surface area contributed by atoms with Crippen LogP contribution in [0.2, 0.25) is 5.02 Å². The zero-order valence-corrected chi connectivity index (χ0v) is 14.4. The fourth-order valence-corrected chi connectivity index (χ4v) is 3.05. The second kappa shape index (κ2) is 7.69. The van der Waals surface area contributed by atoms with Crippen LogP contribution in [0.15, 0.2) is 48.5 Å². The van der Waals surface area contributed by atoms with Crippen LogP contribution in [0.5, 0.6) is 0 Å². The summed E-state index contributed by atoms with van der Waals surface area (Å²) in [6, 6.07) is 15.1. The Hall–Kier alpha value is -2.04. The van der Waals surface area contributed by atoms with Crippen molar-refractivity contribution in [3.05, 3.63) is 64.7 Å².